The third-order valence-corrected chi connectivity index (χ3v) is 7.02. The van der Waals surface area contributed by atoms with E-state index in [4.69, 9.17) is 37.4 Å². The van der Waals surface area contributed by atoms with Gasteiger partial charge in [0, 0.05) is 0 Å². The molecule has 0 radical (unpaired) electrons. The van der Waals surface area contributed by atoms with Crippen molar-refractivity contribution in [1.82, 2.24) is 10.6 Å². The molecule has 4 amide bonds. The molecule has 4 unspecified atom stereocenters. The van der Waals surface area contributed by atoms with Gasteiger partial charge in [-0.25, -0.2) is 9.59 Å². The molecular weight excluding hydrogens is 499 g/mol. The first-order valence-electron chi connectivity index (χ1n) is 11.6. The Labute approximate surface area is 214 Å². The summed E-state index contributed by atoms with van der Waals surface area (Å²) in [6, 6.07) is 10.2. The largest absolute Gasteiger partial charge is 0.443 e. The van der Waals surface area contributed by atoms with Crippen molar-refractivity contribution in [3.8, 4) is 0 Å². The molecule has 2 aliphatic rings. The Kier molecular flexibility index (Phi) is 9.38. The first-order valence-corrected chi connectivity index (χ1v) is 12.7. The lowest BCUT2D eigenvalue weighted by Gasteiger charge is -2.40. The summed E-state index contributed by atoms with van der Waals surface area (Å²) in [7, 11) is 0. The van der Waals surface area contributed by atoms with E-state index in [0.717, 1.165) is 25.7 Å². The fraction of sp³-hybridized carbons (Fsp3) is 0.583. The summed E-state index contributed by atoms with van der Waals surface area (Å²) >= 11 is 10.9. The van der Waals surface area contributed by atoms with E-state index in [1.165, 1.54) is 5.56 Å². The number of carbonyl (C=O) groups is 4. The number of alkyl carbamates (subject to hydrolysis) is 2. The summed E-state index contributed by atoms with van der Waals surface area (Å²) in [6.45, 7) is 1.76. The Balaban J connectivity index is 1.63. The predicted molar refractivity (Wildman–Crippen MR) is 128 cm³/mol. The predicted octanol–water partition coefficient (Wildman–Crippen LogP) is 3.83. The second-order valence-electron chi connectivity index (χ2n) is 8.94. The molecule has 4 atom stereocenters. The number of nitrogens with one attached hydrogen (secondary N) is 2. The maximum absolute atomic E-state index is 12.3. The topological polar surface area (TPSA) is 123 Å². The standard InChI is InChI=1S/C24H30Cl2N2O7/c1-23(35-22(32)28-19(30)15-26)13-11-17(33-21(31)27-18(29)14-25)20-24(23,34-20)12-7-3-6-10-16-8-4-2-5-9-16/h2,4-5,8-9,17,20H,3,6-7,10-15H2,1H3,(H,27,29,31)(H,28,30,32). The molecule has 0 aromatic heterocycles. The van der Waals surface area contributed by atoms with E-state index in [1.807, 2.05) is 18.2 Å². The zero-order chi connectivity index (χ0) is 25.5. The SMILES string of the molecule is CC1(OC(=O)NC(=O)CCl)CCC(OC(=O)NC(=O)CCl)C2OC21CCCCCc1ccccc1. The molecule has 0 bridgehead atoms. The van der Waals surface area contributed by atoms with Crippen molar-refractivity contribution in [2.24, 2.45) is 0 Å². The lowest BCUT2D eigenvalue weighted by atomic mass is 9.72. The minimum Gasteiger partial charge on any atom is -0.443 e. The van der Waals surface area contributed by atoms with E-state index < -0.39 is 47.4 Å². The van der Waals surface area contributed by atoms with Gasteiger partial charge in [0.15, 0.2) is 0 Å². The number of alkyl halides is 2. The van der Waals surface area contributed by atoms with Gasteiger partial charge >= 0.3 is 12.2 Å². The number of carbonyl (C=O) groups excluding carboxylic acids is 4. The first kappa shape index (κ1) is 27.2. The van der Waals surface area contributed by atoms with Crippen LogP contribution in [0.4, 0.5) is 9.59 Å². The van der Waals surface area contributed by atoms with Crippen LogP contribution < -0.4 is 10.6 Å². The lowest BCUT2D eigenvalue weighted by Crippen LogP contribution is -2.55. The molecular formula is C24H30Cl2N2O7. The molecule has 1 aliphatic heterocycles. The minimum atomic E-state index is -1.05. The monoisotopic (exact) mass is 528 g/mol. The van der Waals surface area contributed by atoms with Crippen LogP contribution in [0.15, 0.2) is 30.3 Å². The fourth-order valence-electron chi connectivity index (χ4n) is 4.73. The van der Waals surface area contributed by atoms with Gasteiger partial charge in [0.2, 0.25) is 11.8 Å². The molecule has 1 aromatic rings. The van der Waals surface area contributed by atoms with Crippen LogP contribution in [0.3, 0.4) is 0 Å². The fourth-order valence-corrected chi connectivity index (χ4v) is 4.86. The van der Waals surface area contributed by atoms with E-state index in [9.17, 15) is 19.2 Å². The number of halogens is 2. The number of epoxide rings is 1. The highest BCUT2D eigenvalue weighted by atomic mass is 35.5. The van der Waals surface area contributed by atoms with E-state index in [0.29, 0.717) is 19.3 Å². The molecule has 2 fully saturated rings. The van der Waals surface area contributed by atoms with Crippen molar-refractivity contribution < 1.29 is 33.4 Å². The molecule has 1 saturated carbocycles. The van der Waals surface area contributed by atoms with Crippen LogP contribution in [-0.2, 0) is 30.2 Å². The molecule has 9 nitrogen and oxygen atoms in total. The highest BCUT2D eigenvalue weighted by molar-refractivity contribution is 6.28. The molecule has 35 heavy (non-hydrogen) atoms. The molecule has 192 valence electrons. The molecule has 11 heteroatoms. The highest BCUT2D eigenvalue weighted by Crippen LogP contribution is 2.58. The van der Waals surface area contributed by atoms with Crippen LogP contribution in [0.5, 0.6) is 0 Å². The maximum Gasteiger partial charge on any atom is 0.414 e. The summed E-state index contributed by atoms with van der Waals surface area (Å²) in [5.74, 6) is -2.07. The normalized spacial score (nSPS) is 26.7. The number of hydrogen-bond acceptors (Lipinski definition) is 7. The molecule has 0 spiro atoms. The van der Waals surface area contributed by atoms with E-state index in [2.05, 4.69) is 22.8 Å². The number of aryl methyl sites for hydroxylation is 1. The Morgan fingerprint density at radius 2 is 1.66 bits per heavy atom. The van der Waals surface area contributed by atoms with Crippen LogP contribution in [0.25, 0.3) is 0 Å². The molecule has 1 aliphatic carbocycles. The van der Waals surface area contributed by atoms with Crippen molar-refractivity contribution in [2.45, 2.75) is 75.3 Å². The van der Waals surface area contributed by atoms with Gasteiger partial charge in [-0.15, -0.1) is 23.2 Å². The summed E-state index contributed by atoms with van der Waals surface area (Å²) in [5.41, 5.74) is -0.653. The van der Waals surface area contributed by atoms with Gasteiger partial charge in [-0.3, -0.25) is 20.2 Å². The van der Waals surface area contributed by atoms with Gasteiger partial charge in [0.1, 0.15) is 35.2 Å². The van der Waals surface area contributed by atoms with Crippen molar-refractivity contribution in [3.05, 3.63) is 35.9 Å². The second-order valence-corrected chi connectivity index (χ2v) is 9.48. The minimum absolute atomic E-state index is 0.331. The summed E-state index contributed by atoms with van der Waals surface area (Å²) in [4.78, 5) is 47.3. The summed E-state index contributed by atoms with van der Waals surface area (Å²) < 4.78 is 17.2. The third kappa shape index (κ3) is 6.86. The van der Waals surface area contributed by atoms with Gasteiger partial charge in [-0.05, 0) is 44.6 Å². The number of imide groups is 2. The van der Waals surface area contributed by atoms with Crippen LogP contribution in [0, 0.1) is 0 Å². The number of hydrogen-bond donors (Lipinski definition) is 2. The van der Waals surface area contributed by atoms with Crippen LogP contribution in [-0.4, -0.2) is 59.2 Å². The van der Waals surface area contributed by atoms with Crippen LogP contribution in [0.2, 0.25) is 0 Å². The van der Waals surface area contributed by atoms with E-state index in [-0.39, 0.29) is 11.8 Å². The Morgan fingerprint density at radius 3 is 2.31 bits per heavy atom. The highest BCUT2D eigenvalue weighted by Gasteiger charge is 2.74. The van der Waals surface area contributed by atoms with Crippen molar-refractivity contribution in [3.63, 3.8) is 0 Å². The number of amides is 4. The molecule has 1 heterocycles. The number of fused-ring (bicyclic) bond motifs is 1. The number of benzene rings is 1. The maximum atomic E-state index is 12.3. The second kappa shape index (κ2) is 12.1. The quantitative estimate of drug-likeness (QED) is 0.268. The average Bonchev–Trinajstić information content (AvgIpc) is 3.58. The summed E-state index contributed by atoms with van der Waals surface area (Å²) in [5, 5.41) is 4.14. The van der Waals surface area contributed by atoms with Crippen LogP contribution >= 0.6 is 23.2 Å². The number of rotatable bonds is 10. The van der Waals surface area contributed by atoms with Crippen molar-refractivity contribution in [2.75, 3.05) is 11.8 Å². The molecule has 1 aromatic carbocycles. The van der Waals surface area contributed by atoms with Crippen LogP contribution in [0.1, 0.15) is 51.0 Å². The first-order chi connectivity index (χ1) is 16.7. The van der Waals surface area contributed by atoms with Gasteiger partial charge in [-0.2, -0.15) is 0 Å². The molecule has 3 rings (SSSR count). The van der Waals surface area contributed by atoms with Gasteiger partial charge in [0.05, 0.1) is 0 Å². The Morgan fingerprint density at radius 1 is 1.00 bits per heavy atom. The molecule has 1 saturated heterocycles. The lowest BCUT2D eigenvalue weighted by molar-refractivity contribution is -0.120. The smallest absolute Gasteiger partial charge is 0.414 e. The van der Waals surface area contributed by atoms with E-state index >= 15 is 0 Å². The van der Waals surface area contributed by atoms with Crippen molar-refractivity contribution >= 4 is 47.2 Å². The third-order valence-electron chi connectivity index (χ3n) is 6.54. The average molecular weight is 529 g/mol. The zero-order valence-corrected chi connectivity index (χ0v) is 21.0. The Bertz CT molecular complexity index is 932. The van der Waals surface area contributed by atoms with Crippen molar-refractivity contribution in [1.29, 1.82) is 0 Å². The van der Waals surface area contributed by atoms with Gasteiger partial charge in [-0.1, -0.05) is 43.2 Å². The number of unbranched alkanes of at least 4 members (excludes halogenated alkanes) is 2. The molecule has 2 N–H and O–H groups in total. The van der Waals surface area contributed by atoms with Gasteiger partial charge in [0.25, 0.3) is 0 Å². The van der Waals surface area contributed by atoms with E-state index in [1.54, 1.807) is 6.92 Å². The Hall–Kier alpha value is -2.36. The van der Waals surface area contributed by atoms with Gasteiger partial charge < -0.3 is 14.2 Å². The number of ether oxygens (including phenoxy) is 3. The zero-order valence-electron chi connectivity index (χ0n) is 19.5. The summed E-state index contributed by atoms with van der Waals surface area (Å²) in [6.07, 6.45) is 1.98.